The van der Waals surface area contributed by atoms with Crippen LogP contribution in [0.3, 0.4) is 0 Å². The summed E-state index contributed by atoms with van der Waals surface area (Å²) in [6, 6.07) is 0.772. The first-order valence-electron chi connectivity index (χ1n) is 7.03. The molecule has 2 fully saturated rings. The van der Waals surface area contributed by atoms with Crippen LogP contribution in [0.15, 0.2) is 0 Å². The molecule has 2 aliphatic rings. The number of hydrogen-bond acceptors (Lipinski definition) is 1. The zero-order valence-electron chi connectivity index (χ0n) is 10.5. The molecule has 0 aromatic heterocycles. The summed E-state index contributed by atoms with van der Waals surface area (Å²) in [6.45, 7) is 5.97. The topological polar surface area (TPSA) is 12.0 Å². The van der Waals surface area contributed by atoms with Gasteiger partial charge in [-0.05, 0) is 56.9 Å². The minimum atomic E-state index is 0.772. The average molecular weight is 209 g/mol. The highest BCUT2D eigenvalue weighted by atomic mass is 14.9. The Morgan fingerprint density at radius 2 is 1.60 bits per heavy atom. The van der Waals surface area contributed by atoms with Crippen LogP contribution >= 0.6 is 0 Å². The summed E-state index contributed by atoms with van der Waals surface area (Å²) in [4.78, 5) is 0. The Morgan fingerprint density at radius 1 is 0.933 bits per heavy atom. The van der Waals surface area contributed by atoms with Crippen molar-refractivity contribution in [3.8, 4) is 0 Å². The molecule has 1 heterocycles. The maximum atomic E-state index is 3.65. The SMILES string of the molecule is CCC1CCC(C2CCC(C)NC2)CC1. The third-order valence-corrected chi connectivity index (χ3v) is 4.83. The maximum absolute atomic E-state index is 3.65. The first kappa shape index (κ1) is 11.4. The summed E-state index contributed by atoms with van der Waals surface area (Å²) in [6.07, 6.45) is 10.3. The fourth-order valence-corrected chi connectivity index (χ4v) is 3.49. The van der Waals surface area contributed by atoms with Crippen molar-refractivity contribution in [2.24, 2.45) is 17.8 Å². The molecule has 1 N–H and O–H groups in total. The van der Waals surface area contributed by atoms with E-state index in [0.717, 1.165) is 23.8 Å². The molecule has 0 aromatic carbocycles. The van der Waals surface area contributed by atoms with Crippen LogP contribution in [0.25, 0.3) is 0 Å². The molecule has 1 aliphatic heterocycles. The molecule has 1 heteroatoms. The first-order chi connectivity index (χ1) is 7.29. The standard InChI is InChI=1S/C14H27N/c1-3-12-5-8-13(9-6-12)14-7-4-11(2)15-10-14/h11-15H,3-10H2,1-2H3. The molecule has 1 nitrogen and oxygen atoms in total. The van der Waals surface area contributed by atoms with Gasteiger partial charge in [0.2, 0.25) is 0 Å². The van der Waals surface area contributed by atoms with Gasteiger partial charge in [0.1, 0.15) is 0 Å². The van der Waals surface area contributed by atoms with Crippen LogP contribution in [-0.4, -0.2) is 12.6 Å². The third kappa shape index (κ3) is 2.96. The molecule has 2 atom stereocenters. The van der Waals surface area contributed by atoms with Gasteiger partial charge in [0.05, 0.1) is 0 Å². The molecular formula is C14H27N. The first-order valence-corrected chi connectivity index (χ1v) is 7.03. The fraction of sp³-hybridized carbons (Fsp3) is 1.00. The van der Waals surface area contributed by atoms with E-state index in [1.807, 2.05) is 0 Å². The van der Waals surface area contributed by atoms with E-state index >= 15 is 0 Å². The fourth-order valence-electron chi connectivity index (χ4n) is 3.49. The van der Waals surface area contributed by atoms with Crippen molar-refractivity contribution in [3.05, 3.63) is 0 Å². The normalized spacial score (nSPS) is 42.8. The Kier molecular flexibility index (Phi) is 4.07. The second kappa shape index (κ2) is 5.34. The molecule has 1 saturated carbocycles. The lowest BCUT2D eigenvalue weighted by Gasteiger charge is -2.37. The van der Waals surface area contributed by atoms with E-state index in [9.17, 15) is 0 Å². The Hall–Kier alpha value is -0.0400. The van der Waals surface area contributed by atoms with E-state index in [1.165, 1.54) is 51.5 Å². The van der Waals surface area contributed by atoms with Gasteiger partial charge < -0.3 is 5.32 Å². The minimum absolute atomic E-state index is 0.772. The quantitative estimate of drug-likeness (QED) is 0.733. The van der Waals surface area contributed by atoms with E-state index in [-0.39, 0.29) is 0 Å². The van der Waals surface area contributed by atoms with Gasteiger partial charge in [-0.1, -0.05) is 26.2 Å². The largest absolute Gasteiger partial charge is 0.314 e. The lowest BCUT2D eigenvalue weighted by Crippen LogP contribution is -2.40. The molecule has 15 heavy (non-hydrogen) atoms. The van der Waals surface area contributed by atoms with E-state index < -0.39 is 0 Å². The lowest BCUT2D eigenvalue weighted by atomic mass is 9.72. The zero-order chi connectivity index (χ0) is 10.7. The average Bonchev–Trinajstić information content (AvgIpc) is 2.30. The molecular weight excluding hydrogens is 182 g/mol. The van der Waals surface area contributed by atoms with Crippen LogP contribution in [0.4, 0.5) is 0 Å². The summed E-state index contributed by atoms with van der Waals surface area (Å²) < 4.78 is 0. The molecule has 0 spiro atoms. The van der Waals surface area contributed by atoms with Gasteiger partial charge in [0.25, 0.3) is 0 Å². The van der Waals surface area contributed by atoms with Gasteiger partial charge in [0, 0.05) is 6.04 Å². The van der Waals surface area contributed by atoms with Gasteiger partial charge in [-0.15, -0.1) is 0 Å². The molecule has 2 unspecified atom stereocenters. The number of nitrogens with one attached hydrogen (secondary N) is 1. The van der Waals surface area contributed by atoms with Crippen molar-refractivity contribution in [2.45, 2.75) is 64.8 Å². The minimum Gasteiger partial charge on any atom is -0.314 e. The van der Waals surface area contributed by atoms with Crippen LogP contribution in [-0.2, 0) is 0 Å². The van der Waals surface area contributed by atoms with Crippen molar-refractivity contribution in [3.63, 3.8) is 0 Å². The summed E-state index contributed by atoms with van der Waals surface area (Å²) >= 11 is 0. The second-order valence-corrected chi connectivity index (χ2v) is 5.84. The summed E-state index contributed by atoms with van der Waals surface area (Å²) in [5.74, 6) is 3.10. The van der Waals surface area contributed by atoms with E-state index in [0.29, 0.717) is 0 Å². The van der Waals surface area contributed by atoms with Crippen LogP contribution in [0, 0.1) is 17.8 Å². The van der Waals surface area contributed by atoms with E-state index in [1.54, 1.807) is 0 Å². The number of rotatable bonds is 2. The molecule has 0 bridgehead atoms. The highest BCUT2D eigenvalue weighted by molar-refractivity contribution is 4.83. The van der Waals surface area contributed by atoms with Gasteiger partial charge in [-0.25, -0.2) is 0 Å². The molecule has 0 amide bonds. The molecule has 0 radical (unpaired) electrons. The summed E-state index contributed by atoms with van der Waals surface area (Å²) in [5.41, 5.74) is 0. The molecule has 1 saturated heterocycles. The van der Waals surface area contributed by atoms with E-state index in [2.05, 4.69) is 19.2 Å². The molecule has 0 aromatic rings. The van der Waals surface area contributed by atoms with Gasteiger partial charge in [-0.2, -0.15) is 0 Å². The van der Waals surface area contributed by atoms with Gasteiger partial charge >= 0.3 is 0 Å². The number of hydrogen-bond donors (Lipinski definition) is 1. The molecule has 1 aliphatic carbocycles. The van der Waals surface area contributed by atoms with Gasteiger partial charge in [0.15, 0.2) is 0 Å². The van der Waals surface area contributed by atoms with Crippen LogP contribution in [0.1, 0.15) is 58.8 Å². The lowest BCUT2D eigenvalue weighted by molar-refractivity contribution is 0.163. The van der Waals surface area contributed by atoms with Crippen LogP contribution in [0.5, 0.6) is 0 Å². The van der Waals surface area contributed by atoms with Crippen molar-refractivity contribution < 1.29 is 0 Å². The Balaban J connectivity index is 1.75. The van der Waals surface area contributed by atoms with Crippen LogP contribution in [0.2, 0.25) is 0 Å². The Morgan fingerprint density at radius 3 is 2.13 bits per heavy atom. The van der Waals surface area contributed by atoms with Crippen molar-refractivity contribution >= 4 is 0 Å². The molecule has 88 valence electrons. The Labute approximate surface area is 95.0 Å². The highest BCUT2D eigenvalue weighted by Crippen LogP contribution is 2.37. The number of piperidine rings is 1. The summed E-state index contributed by atoms with van der Waals surface area (Å²) in [5, 5.41) is 3.65. The Bertz CT molecular complexity index is 174. The van der Waals surface area contributed by atoms with E-state index in [4.69, 9.17) is 0 Å². The monoisotopic (exact) mass is 209 g/mol. The van der Waals surface area contributed by atoms with Crippen molar-refractivity contribution in [2.75, 3.05) is 6.54 Å². The van der Waals surface area contributed by atoms with Crippen LogP contribution < -0.4 is 5.32 Å². The predicted molar refractivity (Wildman–Crippen MR) is 65.9 cm³/mol. The molecule has 2 rings (SSSR count). The van der Waals surface area contributed by atoms with Gasteiger partial charge in [-0.3, -0.25) is 0 Å². The van der Waals surface area contributed by atoms with Crippen molar-refractivity contribution in [1.29, 1.82) is 0 Å². The zero-order valence-corrected chi connectivity index (χ0v) is 10.5. The van der Waals surface area contributed by atoms with Crippen molar-refractivity contribution in [1.82, 2.24) is 5.32 Å². The smallest absolute Gasteiger partial charge is 0.00389 e. The summed E-state index contributed by atoms with van der Waals surface area (Å²) in [7, 11) is 0. The highest BCUT2D eigenvalue weighted by Gasteiger charge is 2.29. The maximum Gasteiger partial charge on any atom is 0.00389 e. The third-order valence-electron chi connectivity index (χ3n) is 4.83. The second-order valence-electron chi connectivity index (χ2n) is 5.84. The predicted octanol–water partition coefficient (Wildman–Crippen LogP) is 3.59.